The molecule has 0 bridgehead atoms. The minimum atomic E-state index is -4.58. The van der Waals surface area contributed by atoms with Gasteiger partial charge in [-0.1, -0.05) is 269 Å². The van der Waals surface area contributed by atoms with E-state index in [-0.39, 0.29) is 22.3 Å². The first-order valence-corrected chi connectivity index (χ1v) is 36.2. The average Bonchev–Trinajstić information content (AvgIpc) is 1.66. The van der Waals surface area contributed by atoms with Crippen LogP contribution in [0.2, 0.25) is 0 Å². The highest BCUT2D eigenvalue weighted by Crippen LogP contribution is 2.49. The maximum Gasteiger partial charge on any atom is 0.402 e. The highest BCUT2D eigenvalue weighted by Gasteiger charge is 2.54. The van der Waals surface area contributed by atoms with Crippen molar-refractivity contribution >= 4 is 37.7 Å². The molecule has 2 atom stereocenters. The van der Waals surface area contributed by atoms with Gasteiger partial charge in [0.1, 0.15) is 10.8 Å². The predicted molar refractivity (Wildman–Crippen MR) is 425 cm³/mol. The molecule has 16 rings (SSSR count). The molecule has 12 aromatic carbocycles. The van der Waals surface area contributed by atoms with Gasteiger partial charge < -0.3 is 4.57 Å². The van der Waals surface area contributed by atoms with Gasteiger partial charge in [-0.3, -0.25) is 0 Å². The van der Waals surface area contributed by atoms with Crippen LogP contribution >= 0.6 is 15.9 Å². The third-order valence-electron chi connectivity index (χ3n) is 20.6. The minimum absolute atomic E-state index is 0.122. The Labute approximate surface area is 628 Å². The van der Waals surface area contributed by atoms with Crippen molar-refractivity contribution in [3.8, 4) is 85.1 Å². The molecule has 1 aliphatic rings. The second kappa shape index (κ2) is 29.1. The number of rotatable bonds is 11. The maximum atomic E-state index is 15.3. The van der Waals surface area contributed by atoms with E-state index in [9.17, 15) is 13.2 Å². The second-order valence-corrected chi connectivity index (χ2v) is 29.1. The van der Waals surface area contributed by atoms with Gasteiger partial charge in [0.05, 0.1) is 11.0 Å². The fourth-order valence-corrected chi connectivity index (χ4v) is 15.2. The number of halogens is 7. The molecular formula is C93H76BrF6N7. The molecule has 0 spiro atoms. The number of hydrogen-bond donors (Lipinski definition) is 0. The summed E-state index contributed by atoms with van der Waals surface area (Å²) in [4.78, 5) is 28.2. The third kappa shape index (κ3) is 14.2. The topological polar surface area (TPSA) is 82.3 Å². The molecule has 0 saturated heterocycles. The first-order chi connectivity index (χ1) is 51.2. The van der Waals surface area contributed by atoms with Crippen molar-refractivity contribution in [2.75, 3.05) is 0 Å². The highest BCUT2D eigenvalue weighted by molar-refractivity contribution is 9.10. The molecule has 532 valence electrons. The van der Waals surface area contributed by atoms with Gasteiger partial charge in [-0.25, -0.2) is 29.9 Å². The van der Waals surface area contributed by atoms with E-state index in [1.807, 2.05) is 133 Å². The van der Waals surface area contributed by atoms with E-state index in [0.717, 1.165) is 71.8 Å². The van der Waals surface area contributed by atoms with Crippen molar-refractivity contribution in [1.82, 2.24) is 34.5 Å². The molecule has 107 heavy (non-hydrogen) atoms. The Balaban J connectivity index is 0.000000153. The Hall–Kier alpha value is -11.5. The predicted octanol–water partition coefficient (Wildman–Crippen LogP) is 25.1. The SMILES string of the molecule is CC(c1ccc(Br)cc1)(c1ccc(-c2nc(-c3ccccc3)nc(-c3ccccc3)n2)cc1)C(F)(F)F.Cc1cc(C)c2c(c1)-c1cc(C)cc(C)c1C2.Cc1cc(C)c2c(c1)c1cc(C)cc(C)c1n2-c1ccc(C(C)(c2ccc(-c3nc(-c4ccccc4)nc(-c4ccccc4)n3)cc2)C(F)(F)F)cc1. The standard InChI is InChI=1S/C46H37F3N4.C30H21BrF3N3.C17H18/c1-28-24-30(3)40-38(26-28)39-27-29(2)25-31(4)41(39)53(40)37-22-20-36(21-23-37)45(5,46(47,48)49)35-18-16-34(17-19-35)44-51-42(32-12-8-6-9-13-32)50-43(52-44)33-14-10-7-11-15-33;1-29(30(32,33)34,24-16-18-25(31)19-17-24)23-14-12-22(13-15-23)28-36-26(20-8-4-2-5-9-20)35-27(37-28)21-10-6-3-7-11-21;1-10-5-12(3)14-9-15-13(4)6-11(2)8-17(15)16(14)7-10/h6-27H,1-5H3;2-19H,1H3;5-8H,9H2,1-4H3. The summed E-state index contributed by atoms with van der Waals surface area (Å²) in [5.74, 6) is 2.71. The molecule has 7 nitrogen and oxygen atoms in total. The van der Waals surface area contributed by atoms with E-state index in [1.165, 1.54) is 106 Å². The molecule has 2 unspecified atom stereocenters. The number of benzene rings is 12. The van der Waals surface area contributed by atoms with Crippen LogP contribution in [0.25, 0.3) is 107 Å². The van der Waals surface area contributed by atoms with Crippen LogP contribution in [0.1, 0.15) is 91.7 Å². The van der Waals surface area contributed by atoms with Crippen molar-refractivity contribution in [3.05, 3.63) is 349 Å². The molecule has 3 heterocycles. The lowest BCUT2D eigenvalue weighted by Crippen LogP contribution is -2.40. The summed E-state index contributed by atoms with van der Waals surface area (Å²) in [7, 11) is 0. The van der Waals surface area contributed by atoms with E-state index < -0.39 is 23.2 Å². The zero-order chi connectivity index (χ0) is 75.3. The first-order valence-electron chi connectivity index (χ1n) is 35.4. The Morgan fingerprint density at radius 2 is 0.551 bits per heavy atom. The zero-order valence-electron chi connectivity index (χ0n) is 60.9. The fourth-order valence-electron chi connectivity index (χ4n) is 14.9. The lowest BCUT2D eigenvalue weighted by atomic mass is 9.75. The van der Waals surface area contributed by atoms with Gasteiger partial charge in [0, 0.05) is 54.3 Å². The molecule has 15 aromatic rings. The number of aromatic nitrogens is 7. The summed E-state index contributed by atoms with van der Waals surface area (Å²) >= 11 is 3.30. The van der Waals surface area contributed by atoms with Gasteiger partial charge in [-0.15, -0.1) is 0 Å². The summed E-state index contributed by atoms with van der Waals surface area (Å²) in [6.07, 6.45) is -7.97. The monoisotopic (exact) mass is 1480 g/mol. The Morgan fingerprint density at radius 1 is 0.299 bits per heavy atom. The van der Waals surface area contributed by atoms with Gasteiger partial charge in [0.25, 0.3) is 0 Å². The summed E-state index contributed by atoms with van der Waals surface area (Å²) in [6, 6.07) is 81.9. The molecular weight excluding hydrogens is 1410 g/mol. The van der Waals surface area contributed by atoms with Crippen molar-refractivity contribution in [3.63, 3.8) is 0 Å². The van der Waals surface area contributed by atoms with Gasteiger partial charge in [0.15, 0.2) is 34.9 Å². The fraction of sp³-hybridized carbons (Fsp3) is 0.161. The van der Waals surface area contributed by atoms with Crippen LogP contribution in [0.5, 0.6) is 0 Å². The molecule has 14 heteroatoms. The van der Waals surface area contributed by atoms with E-state index in [4.69, 9.17) is 15.0 Å². The second-order valence-electron chi connectivity index (χ2n) is 28.2. The number of aryl methyl sites for hydroxylation is 8. The Bertz CT molecular complexity index is 5560. The molecule has 0 aliphatic heterocycles. The lowest BCUT2D eigenvalue weighted by Gasteiger charge is -2.33. The van der Waals surface area contributed by atoms with E-state index in [2.05, 4.69) is 139 Å². The van der Waals surface area contributed by atoms with Crippen LogP contribution in [-0.4, -0.2) is 46.8 Å². The molecule has 3 aromatic heterocycles. The van der Waals surface area contributed by atoms with Crippen molar-refractivity contribution in [1.29, 1.82) is 0 Å². The summed E-state index contributed by atoms with van der Waals surface area (Å²) in [5, 5.41) is 2.28. The van der Waals surface area contributed by atoms with E-state index in [1.54, 1.807) is 48.5 Å². The number of fused-ring (bicyclic) bond motifs is 6. The summed E-state index contributed by atoms with van der Waals surface area (Å²) in [5.41, 5.74) is 19.6. The molecule has 0 amide bonds. The largest absolute Gasteiger partial charge is 0.402 e. The number of nitrogens with zero attached hydrogens (tertiary/aromatic N) is 7. The molecule has 0 fully saturated rings. The van der Waals surface area contributed by atoms with Gasteiger partial charge >= 0.3 is 12.4 Å². The van der Waals surface area contributed by atoms with Crippen LogP contribution in [0.3, 0.4) is 0 Å². The van der Waals surface area contributed by atoms with Crippen molar-refractivity contribution < 1.29 is 26.3 Å². The van der Waals surface area contributed by atoms with Crippen LogP contribution < -0.4 is 0 Å². The first kappa shape index (κ1) is 72.5. The maximum absolute atomic E-state index is 15.3. The van der Waals surface area contributed by atoms with Gasteiger partial charge in [-0.2, -0.15) is 26.3 Å². The van der Waals surface area contributed by atoms with Crippen LogP contribution in [0.4, 0.5) is 26.3 Å². The van der Waals surface area contributed by atoms with E-state index in [0.29, 0.717) is 46.1 Å². The summed E-state index contributed by atoms with van der Waals surface area (Å²) < 4.78 is 92.2. The number of alkyl halides is 6. The average molecular weight is 1490 g/mol. The third-order valence-corrected chi connectivity index (χ3v) is 21.1. The molecule has 1 aliphatic carbocycles. The van der Waals surface area contributed by atoms with Crippen LogP contribution in [-0.2, 0) is 17.3 Å². The smallest absolute Gasteiger partial charge is 0.309 e. The minimum Gasteiger partial charge on any atom is -0.309 e. The quantitative estimate of drug-likeness (QED) is 0.120. The van der Waals surface area contributed by atoms with Crippen molar-refractivity contribution in [2.45, 2.75) is 98.8 Å². The van der Waals surface area contributed by atoms with Crippen LogP contribution in [0, 0.1) is 55.4 Å². The van der Waals surface area contributed by atoms with Crippen molar-refractivity contribution in [2.24, 2.45) is 0 Å². The zero-order valence-corrected chi connectivity index (χ0v) is 62.5. The summed E-state index contributed by atoms with van der Waals surface area (Å²) in [6.45, 7) is 19.7. The van der Waals surface area contributed by atoms with Gasteiger partial charge in [-0.05, 0) is 179 Å². The molecule has 0 radical (unpaired) electrons. The Kier molecular flexibility index (Phi) is 19.7. The molecule has 0 saturated carbocycles. The number of hydrogen-bond acceptors (Lipinski definition) is 6. The Morgan fingerprint density at radius 3 is 0.841 bits per heavy atom. The highest BCUT2D eigenvalue weighted by atomic mass is 79.9. The molecule has 0 N–H and O–H groups in total. The van der Waals surface area contributed by atoms with Crippen LogP contribution in [0.15, 0.2) is 271 Å². The normalized spacial score (nSPS) is 13.0. The lowest BCUT2D eigenvalue weighted by molar-refractivity contribution is -0.173. The van der Waals surface area contributed by atoms with E-state index >= 15 is 13.2 Å². The van der Waals surface area contributed by atoms with Gasteiger partial charge in [0.2, 0.25) is 0 Å².